The summed E-state index contributed by atoms with van der Waals surface area (Å²) in [6.07, 6.45) is 0.473. The number of carbonyl (C=O) groups excluding carboxylic acids is 1. The summed E-state index contributed by atoms with van der Waals surface area (Å²) >= 11 is 0. The molecule has 19 heavy (non-hydrogen) atoms. The van der Waals surface area contributed by atoms with Crippen molar-refractivity contribution in [1.29, 1.82) is 0 Å². The van der Waals surface area contributed by atoms with Gasteiger partial charge in [0.25, 0.3) is 0 Å². The van der Waals surface area contributed by atoms with Gasteiger partial charge in [-0.05, 0) is 25.5 Å². The number of likely N-dealkylation sites (tertiary alicyclic amines) is 1. The topological polar surface area (TPSA) is 61.8 Å². The molecule has 0 aromatic heterocycles. The highest BCUT2D eigenvalue weighted by atomic mass is 16.5. The number of anilines is 1. The lowest BCUT2D eigenvalue weighted by Crippen LogP contribution is -2.34. The zero-order chi connectivity index (χ0) is 13.8. The maximum absolute atomic E-state index is 12.1. The summed E-state index contributed by atoms with van der Waals surface area (Å²) in [5.74, 6) is 0.811. The number of urea groups is 1. The van der Waals surface area contributed by atoms with E-state index in [1.807, 2.05) is 12.1 Å². The van der Waals surface area contributed by atoms with Crippen LogP contribution in [0.15, 0.2) is 24.3 Å². The van der Waals surface area contributed by atoms with E-state index in [9.17, 15) is 9.90 Å². The van der Waals surface area contributed by atoms with Gasteiger partial charge in [-0.15, -0.1) is 0 Å². The van der Waals surface area contributed by atoms with E-state index >= 15 is 0 Å². The maximum atomic E-state index is 12.1. The number of rotatable bonds is 3. The highest BCUT2D eigenvalue weighted by molar-refractivity contribution is 5.91. The van der Waals surface area contributed by atoms with Crippen molar-refractivity contribution in [2.45, 2.75) is 19.4 Å². The van der Waals surface area contributed by atoms with Crippen LogP contribution >= 0.6 is 0 Å². The molecule has 2 atom stereocenters. The fraction of sp³-hybridized carbons (Fsp3) is 0.500. The predicted octanol–water partition coefficient (Wildman–Crippen LogP) is 1.93. The van der Waals surface area contributed by atoms with Gasteiger partial charge in [0.1, 0.15) is 5.75 Å². The number of hydrogen-bond donors (Lipinski definition) is 2. The Morgan fingerprint density at radius 1 is 1.53 bits per heavy atom. The Morgan fingerprint density at radius 2 is 2.26 bits per heavy atom. The Bertz CT molecular complexity index is 448. The molecule has 2 N–H and O–H groups in total. The van der Waals surface area contributed by atoms with Crippen LogP contribution in [-0.4, -0.2) is 42.3 Å². The van der Waals surface area contributed by atoms with Crippen LogP contribution in [0.2, 0.25) is 0 Å². The second-order valence-corrected chi connectivity index (χ2v) is 4.87. The summed E-state index contributed by atoms with van der Waals surface area (Å²) in [6.45, 7) is 3.04. The average Bonchev–Trinajstić information content (AvgIpc) is 2.89. The van der Waals surface area contributed by atoms with Crippen molar-refractivity contribution in [3.05, 3.63) is 24.3 Å². The monoisotopic (exact) mass is 264 g/mol. The predicted molar refractivity (Wildman–Crippen MR) is 73.4 cm³/mol. The van der Waals surface area contributed by atoms with Crippen LogP contribution < -0.4 is 10.1 Å². The first-order valence-electron chi connectivity index (χ1n) is 6.49. The van der Waals surface area contributed by atoms with Crippen molar-refractivity contribution in [3.8, 4) is 5.75 Å². The molecule has 1 aliphatic rings. The molecular weight excluding hydrogens is 244 g/mol. The lowest BCUT2D eigenvalue weighted by atomic mass is 10.0. The largest absolute Gasteiger partial charge is 0.495 e. The number of carbonyl (C=O) groups is 1. The van der Waals surface area contributed by atoms with Crippen molar-refractivity contribution in [1.82, 2.24) is 4.90 Å². The molecule has 0 spiro atoms. The van der Waals surface area contributed by atoms with E-state index in [1.54, 1.807) is 31.1 Å². The Kier molecular flexibility index (Phi) is 4.27. The fourth-order valence-corrected chi connectivity index (χ4v) is 2.31. The molecule has 0 aliphatic carbocycles. The highest BCUT2D eigenvalue weighted by Crippen LogP contribution is 2.25. The molecule has 104 valence electrons. The van der Waals surface area contributed by atoms with Gasteiger partial charge in [-0.2, -0.15) is 0 Å². The zero-order valence-electron chi connectivity index (χ0n) is 11.3. The number of nitrogens with zero attached hydrogens (tertiary/aromatic N) is 1. The third-order valence-corrected chi connectivity index (χ3v) is 3.54. The van der Waals surface area contributed by atoms with Gasteiger partial charge in [-0.3, -0.25) is 0 Å². The van der Waals surface area contributed by atoms with E-state index in [0.717, 1.165) is 6.42 Å². The number of ether oxygens (including phenoxy) is 1. The van der Waals surface area contributed by atoms with Gasteiger partial charge in [0, 0.05) is 19.0 Å². The van der Waals surface area contributed by atoms with Crippen LogP contribution in [0.1, 0.15) is 13.3 Å². The molecule has 1 aromatic rings. The number of aliphatic hydroxyl groups is 1. The van der Waals surface area contributed by atoms with E-state index in [0.29, 0.717) is 24.5 Å². The summed E-state index contributed by atoms with van der Waals surface area (Å²) in [4.78, 5) is 13.9. The number of methoxy groups -OCH3 is 1. The smallest absolute Gasteiger partial charge is 0.321 e. The average molecular weight is 264 g/mol. The number of para-hydroxylation sites is 2. The summed E-state index contributed by atoms with van der Waals surface area (Å²) < 4.78 is 5.19. The van der Waals surface area contributed by atoms with Crippen molar-refractivity contribution in [2.75, 3.05) is 25.5 Å². The molecule has 1 heterocycles. The van der Waals surface area contributed by atoms with Gasteiger partial charge in [-0.1, -0.05) is 12.1 Å². The highest BCUT2D eigenvalue weighted by Gasteiger charge is 2.29. The van der Waals surface area contributed by atoms with E-state index in [-0.39, 0.29) is 18.1 Å². The Morgan fingerprint density at radius 3 is 2.89 bits per heavy atom. The summed E-state index contributed by atoms with van der Waals surface area (Å²) in [6, 6.07) is 7.17. The van der Waals surface area contributed by atoms with Gasteiger partial charge in [0.2, 0.25) is 0 Å². The van der Waals surface area contributed by atoms with Gasteiger partial charge < -0.3 is 20.1 Å². The Balaban J connectivity index is 1.98. The third-order valence-electron chi connectivity index (χ3n) is 3.54. The molecule has 5 nitrogen and oxygen atoms in total. The van der Waals surface area contributed by atoms with Gasteiger partial charge >= 0.3 is 6.03 Å². The van der Waals surface area contributed by atoms with Crippen LogP contribution in [0.5, 0.6) is 5.75 Å². The second-order valence-electron chi connectivity index (χ2n) is 4.87. The molecule has 1 saturated heterocycles. The summed E-state index contributed by atoms with van der Waals surface area (Å²) in [7, 11) is 1.57. The summed E-state index contributed by atoms with van der Waals surface area (Å²) in [5, 5.41) is 12.4. The number of amides is 2. The van der Waals surface area contributed by atoms with Crippen LogP contribution in [0.4, 0.5) is 10.5 Å². The summed E-state index contributed by atoms with van der Waals surface area (Å²) in [5.41, 5.74) is 0.662. The molecule has 0 bridgehead atoms. The third kappa shape index (κ3) is 3.17. The van der Waals surface area contributed by atoms with Crippen molar-refractivity contribution in [3.63, 3.8) is 0 Å². The number of benzene rings is 1. The van der Waals surface area contributed by atoms with Crippen LogP contribution in [0, 0.1) is 5.92 Å². The van der Waals surface area contributed by atoms with E-state index < -0.39 is 0 Å². The minimum Gasteiger partial charge on any atom is -0.495 e. The fourth-order valence-electron chi connectivity index (χ4n) is 2.31. The molecule has 5 heteroatoms. The van der Waals surface area contributed by atoms with Crippen LogP contribution in [-0.2, 0) is 0 Å². The first-order chi connectivity index (χ1) is 9.11. The normalized spacial score (nSPS) is 20.2. The number of nitrogens with one attached hydrogen (secondary N) is 1. The van der Waals surface area contributed by atoms with Gasteiger partial charge in [0.05, 0.1) is 18.9 Å². The first kappa shape index (κ1) is 13.7. The van der Waals surface area contributed by atoms with Crippen LogP contribution in [0.25, 0.3) is 0 Å². The number of aliphatic hydroxyl groups excluding tert-OH is 1. The van der Waals surface area contributed by atoms with E-state index in [2.05, 4.69) is 5.32 Å². The molecule has 2 unspecified atom stereocenters. The van der Waals surface area contributed by atoms with E-state index in [1.165, 1.54) is 0 Å². The lowest BCUT2D eigenvalue weighted by molar-refractivity contribution is 0.130. The molecule has 1 aliphatic heterocycles. The molecular formula is C14H20N2O3. The van der Waals surface area contributed by atoms with Gasteiger partial charge in [0.15, 0.2) is 0 Å². The van der Waals surface area contributed by atoms with Gasteiger partial charge in [-0.25, -0.2) is 4.79 Å². The molecule has 0 saturated carbocycles. The van der Waals surface area contributed by atoms with Crippen molar-refractivity contribution < 1.29 is 14.6 Å². The minimum absolute atomic E-state index is 0.146. The van der Waals surface area contributed by atoms with Crippen LogP contribution in [0.3, 0.4) is 0 Å². The molecule has 2 amide bonds. The minimum atomic E-state index is -0.371. The van der Waals surface area contributed by atoms with Crippen molar-refractivity contribution in [2.24, 2.45) is 5.92 Å². The Labute approximate surface area is 113 Å². The van der Waals surface area contributed by atoms with E-state index in [4.69, 9.17) is 4.74 Å². The first-order valence-corrected chi connectivity index (χ1v) is 6.49. The Hall–Kier alpha value is -1.75. The zero-order valence-corrected chi connectivity index (χ0v) is 11.3. The maximum Gasteiger partial charge on any atom is 0.321 e. The van der Waals surface area contributed by atoms with Crippen molar-refractivity contribution >= 4 is 11.7 Å². The number of hydrogen-bond acceptors (Lipinski definition) is 3. The molecule has 1 fully saturated rings. The molecule has 0 radical (unpaired) electrons. The second kappa shape index (κ2) is 5.93. The lowest BCUT2D eigenvalue weighted by Gasteiger charge is -2.19. The SMILES string of the molecule is COc1ccccc1NC(=O)N1CCC(C(C)O)C1. The quantitative estimate of drug-likeness (QED) is 0.877. The standard InChI is InChI=1S/C14H20N2O3/c1-10(17)11-7-8-16(9-11)14(18)15-12-5-3-4-6-13(12)19-2/h3-6,10-11,17H,7-9H2,1-2H3,(H,15,18). The molecule has 1 aromatic carbocycles. The molecule has 2 rings (SSSR count).